The van der Waals surface area contributed by atoms with Crippen molar-refractivity contribution in [2.45, 2.75) is 63.8 Å². The van der Waals surface area contributed by atoms with Crippen LogP contribution in [-0.4, -0.2) is 5.54 Å². The van der Waals surface area contributed by atoms with Gasteiger partial charge in [0.2, 0.25) is 0 Å². The first kappa shape index (κ1) is 17.9. The molecule has 1 atom stereocenters. The molecule has 0 aliphatic carbocycles. The number of nitrogens with one attached hydrogen (secondary N) is 1. The molecule has 0 saturated heterocycles. The summed E-state index contributed by atoms with van der Waals surface area (Å²) in [5.41, 5.74) is 2.72. The van der Waals surface area contributed by atoms with E-state index in [1.165, 1.54) is 28.9 Å². The number of hydrogen-bond acceptors (Lipinski definition) is 2. The molecule has 0 radical (unpaired) electrons. The largest absolute Gasteiger partial charge is 0.375 e. The molecule has 0 aliphatic rings. The van der Waals surface area contributed by atoms with Gasteiger partial charge in [0, 0.05) is 10.4 Å². The molecular weight excluding hydrogens is 274 g/mol. The summed E-state index contributed by atoms with van der Waals surface area (Å²) in [7, 11) is 0. The van der Waals surface area contributed by atoms with E-state index in [0.29, 0.717) is 0 Å². The zero-order chi connectivity index (χ0) is 15.9. The fourth-order valence-corrected chi connectivity index (χ4v) is 3.45. The van der Waals surface area contributed by atoms with E-state index in [-0.39, 0.29) is 5.54 Å². The molecule has 1 N–H and O–H groups in total. The molecule has 0 bridgehead atoms. The Morgan fingerprint density at radius 3 is 2.71 bits per heavy atom. The Balaban J connectivity index is 2.73. The number of unbranched alkanes of at least 4 members (excludes halogenated alkanes) is 1. The molecule has 1 nitrogen and oxygen atoms in total. The lowest BCUT2D eigenvalue weighted by molar-refractivity contribution is 0.361. The molecule has 2 heteroatoms. The third-order valence-electron chi connectivity index (χ3n) is 3.91. The summed E-state index contributed by atoms with van der Waals surface area (Å²) >= 11 is 1.73. The van der Waals surface area contributed by atoms with Crippen LogP contribution in [-0.2, 0) is 0 Å². The molecule has 1 aromatic carbocycles. The van der Waals surface area contributed by atoms with Gasteiger partial charge < -0.3 is 5.32 Å². The van der Waals surface area contributed by atoms with Gasteiger partial charge in [-0.25, -0.2) is 0 Å². The lowest BCUT2D eigenvalue weighted by atomic mass is 9.91. The summed E-state index contributed by atoms with van der Waals surface area (Å²) in [6.45, 7) is 16.9. The Morgan fingerprint density at radius 1 is 1.38 bits per heavy atom. The first-order valence-corrected chi connectivity index (χ1v) is 8.55. The molecule has 0 heterocycles. The molecule has 0 spiro atoms. The van der Waals surface area contributed by atoms with Crippen LogP contribution < -0.4 is 5.32 Å². The SMILES string of the molecule is C=CCC(C)(CCCC)NC(=C)Sc1cccc(C)c1C. The summed E-state index contributed by atoms with van der Waals surface area (Å²) in [6, 6.07) is 6.42. The molecule has 0 saturated carbocycles. The number of aryl methyl sites for hydroxylation is 1. The first-order chi connectivity index (χ1) is 9.91. The highest BCUT2D eigenvalue weighted by Crippen LogP contribution is 2.31. The van der Waals surface area contributed by atoms with E-state index in [1.807, 2.05) is 6.08 Å². The van der Waals surface area contributed by atoms with E-state index >= 15 is 0 Å². The highest BCUT2D eigenvalue weighted by atomic mass is 32.2. The van der Waals surface area contributed by atoms with Crippen molar-refractivity contribution in [3.8, 4) is 0 Å². The first-order valence-electron chi connectivity index (χ1n) is 7.74. The van der Waals surface area contributed by atoms with Crippen molar-refractivity contribution in [1.82, 2.24) is 5.32 Å². The zero-order valence-corrected chi connectivity index (χ0v) is 14.8. The van der Waals surface area contributed by atoms with Gasteiger partial charge in [-0.05, 0) is 50.8 Å². The number of benzene rings is 1. The number of rotatable bonds is 9. The van der Waals surface area contributed by atoms with Crippen molar-refractivity contribution in [3.05, 3.63) is 53.6 Å². The van der Waals surface area contributed by atoms with Crippen LogP contribution in [0.15, 0.2) is 47.4 Å². The van der Waals surface area contributed by atoms with Gasteiger partial charge >= 0.3 is 0 Å². The molecule has 21 heavy (non-hydrogen) atoms. The maximum atomic E-state index is 4.21. The van der Waals surface area contributed by atoms with Crippen molar-refractivity contribution < 1.29 is 0 Å². The monoisotopic (exact) mass is 303 g/mol. The molecular formula is C19H29NS. The van der Waals surface area contributed by atoms with Crippen LogP contribution in [0.4, 0.5) is 0 Å². The van der Waals surface area contributed by atoms with Crippen molar-refractivity contribution >= 4 is 11.8 Å². The second-order valence-corrected chi connectivity index (χ2v) is 7.14. The second kappa shape index (κ2) is 8.33. The average molecular weight is 304 g/mol. The maximum Gasteiger partial charge on any atom is 0.0661 e. The summed E-state index contributed by atoms with van der Waals surface area (Å²) in [5, 5.41) is 4.64. The average Bonchev–Trinajstić information content (AvgIpc) is 2.42. The van der Waals surface area contributed by atoms with Crippen molar-refractivity contribution in [1.29, 1.82) is 0 Å². The van der Waals surface area contributed by atoms with E-state index in [4.69, 9.17) is 0 Å². The predicted molar refractivity (Wildman–Crippen MR) is 96.8 cm³/mol. The van der Waals surface area contributed by atoms with E-state index < -0.39 is 0 Å². The fourth-order valence-electron chi connectivity index (χ4n) is 2.43. The molecule has 1 unspecified atom stereocenters. The quantitative estimate of drug-likeness (QED) is 0.445. The van der Waals surface area contributed by atoms with Gasteiger partial charge in [-0.2, -0.15) is 0 Å². The standard InChI is InChI=1S/C19H29NS/c1-7-9-14-19(6,13-8-2)20-17(5)21-18-12-10-11-15(3)16(18)4/h8,10-12,20H,2,5,7,9,13-14H2,1,3-4,6H3. The van der Waals surface area contributed by atoms with Crippen LogP contribution in [0.1, 0.15) is 50.7 Å². The summed E-state index contributed by atoms with van der Waals surface area (Å²) in [5.74, 6) is 0. The third kappa shape index (κ3) is 5.62. The van der Waals surface area contributed by atoms with E-state index in [2.05, 4.69) is 64.4 Å². The Morgan fingerprint density at radius 2 is 2.10 bits per heavy atom. The Labute approximate surface area is 134 Å². The van der Waals surface area contributed by atoms with Gasteiger partial charge in [0.15, 0.2) is 0 Å². The topological polar surface area (TPSA) is 12.0 Å². The molecule has 0 amide bonds. The Bertz CT molecular complexity index is 492. The zero-order valence-electron chi connectivity index (χ0n) is 14.0. The van der Waals surface area contributed by atoms with Crippen LogP contribution in [0.25, 0.3) is 0 Å². The second-order valence-electron chi connectivity index (χ2n) is 6.01. The van der Waals surface area contributed by atoms with Crippen LogP contribution >= 0.6 is 11.8 Å². The normalized spacial score (nSPS) is 13.5. The smallest absolute Gasteiger partial charge is 0.0661 e. The number of thioether (sulfide) groups is 1. The van der Waals surface area contributed by atoms with E-state index in [9.17, 15) is 0 Å². The predicted octanol–water partition coefficient (Wildman–Crippen LogP) is 5.98. The number of hydrogen-bond donors (Lipinski definition) is 1. The van der Waals surface area contributed by atoms with Gasteiger partial charge in [-0.15, -0.1) is 6.58 Å². The van der Waals surface area contributed by atoms with Crippen LogP contribution in [0.2, 0.25) is 0 Å². The fraction of sp³-hybridized carbons (Fsp3) is 0.474. The highest BCUT2D eigenvalue weighted by molar-refractivity contribution is 8.03. The molecule has 1 aromatic rings. The molecule has 0 aliphatic heterocycles. The van der Waals surface area contributed by atoms with Crippen molar-refractivity contribution in [2.24, 2.45) is 0 Å². The van der Waals surface area contributed by atoms with Gasteiger partial charge in [0.1, 0.15) is 0 Å². The van der Waals surface area contributed by atoms with Crippen molar-refractivity contribution in [3.63, 3.8) is 0 Å². The molecule has 0 aromatic heterocycles. The minimum absolute atomic E-state index is 0.0551. The van der Waals surface area contributed by atoms with Crippen LogP contribution in [0.5, 0.6) is 0 Å². The van der Waals surface area contributed by atoms with Crippen LogP contribution in [0.3, 0.4) is 0 Å². The summed E-state index contributed by atoms with van der Waals surface area (Å²) < 4.78 is 0. The minimum atomic E-state index is 0.0551. The third-order valence-corrected chi connectivity index (χ3v) is 4.92. The molecule has 0 fully saturated rings. The van der Waals surface area contributed by atoms with Gasteiger partial charge in [-0.3, -0.25) is 0 Å². The highest BCUT2D eigenvalue weighted by Gasteiger charge is 2.22. The van der Waals surface area contributed by atoms with Crippen LogP contribution in [0, 0.1) is 13.8 Å². The maximum absolute atomic E-state index is 4.21. The minimum Gasteiger partial charge on any atom is -0.375 e. The lowest BCUT2D eigenvalue weighted by Crippen LogP contribution is -2.40. The summed E-state index contributed by atoms with van der Waals surface area (Å²) in [6.07, 6.45) is 6.53. The van der Waals surface area contributed by atoms with Gasteiger partial charge in [0.25, 0.3) is 0 Å². The van der Waals surface area contributed by atoms with Gasteiger partial charge in [0.05, 0.1) is 5.03 Å². The Hall–Kier alpha value is -1.15. The Kier molecular flexibility index (Phi) is 7.10. The van der Waals surface area contributed by atoms with Gasteiger partial charge in [-0.1, -0.05) is 56.3 Å². The molecule has 1 rings (SSSR count). The summed E-state index contributed by atoms with van der Waals surface area (Å²) in [4.78, 5) is 1.28. The van der Waals surface area contributed by atoms with E-state index in [0.717, 1.165) is 17.9 Å². The molecule has 116 valence electrons. The lowest BCUT2D eigenvalue weighted by Gasteiger charge is -2.32. The van der Waals surface area contributed by atoms with Crippen molar-refractivity contribution in [2.75, 3.05) is 0 Å². The van der Waals surface area contributed by atoms with E-state index in [1.54, 1.807) is 11.8 Å².